The summed E-state index contributed by atoms with van der Waals surface area (Å²) in [5, 5.41) is 15.5. The van der Waals surface area contributed by atoms with Gasteiger partial charge in [0.2, 0.25) is 0 Å². The van der Waals surface area contributed by atoms with Crippen LogP contribution in [-0.4, -0.2) is 137 Å². The maximum Gasteiger partial charge on any atom is 0.257 e. The fourth-order valence-electron chi connectivity index (χ4n) is 9.88. The Labute approximate surface area is 470 Å². The van der Waals surface area contributed by atoms with Crippen LogP contribution in [0.3, 0.4) is 0 Å². The standard InChI is InChI=1S/C32H35N7O.C32H37N7O/c1-22-16-28(8-6-26(22)21-38-14-12-37(3)13-15-38)35-32(40)27-18-25(23(2)33-19-27)7-10-30-20-34-31-11-9-29(36-39(30)31)17-24-4-5-24;1-22(2)16-29-9-11-31-34-20-30(39(31)36-29)10-7-25-18-27(19-33-24(25)4)32(40)35-28-8-6-26(23(3)17-28)21-38-14-12-37(5)13-15-38/h6,8-9,11,16,18-20,24H,4-5,12-15,17,21H2,1-3H3,(H,35,40);6,8-9,11,17-20,22H,12-16,21H2,1-5H3,(H,35,40). The minimum Gasteiger partial charge on any atom is -0.322 e. The van der Waals surface area contributed by atoms with Gasteiger partial charge in [-0.25, -0.2) is 19.0 Å². The second-order valence-corrected chi connectivity index (χ2v) is 22.3. The van der Waals surface area contributed by atoms with Crippen LogP contribution in [0.5, 0.6) is 0 Å². The van der Waals surface area contributed by atoms with Crippen molar-refractivity contribution in [1.29, 1.82) is 0 Å². The molecule has 3 aliphatic rings. The number of nitrogens with zero attached hydrogens (tertiary/aromatic N) is 12. The molecule has 1 saturated carbocycles. The Morgan fingerprint density at radius 3 is 1.44 bits per heavy atom. The zero-order valence-electron chi connectivity index (χ0n) is 47.5. The van der Waals surface area contributed by atoms with Crippen molar-refractivity contribution in [2.24, 2.45) is 11.8 Å². The molecule has 2 N–H and O–H groups in total. The smallest absolute Gasteiger partial charge is 0.257 e. The third kappa shape index (κ3) is 14.2. The number of piperazine rings is 2. The van der Waals surface area contributed by atoms with Gasteiger partial charge in [-0.05, 0) is 174 Å². The number of likely N-dealkylation sites (N-methyl/N-ethyl adjacent to an activating group) is 2. The third-order valence-electron chi connectivity index (χ3n) is 15.2. The van der Waals surface area contributed by atoms with E-state index in [9.17, 15) is 9.59 Å². The average Bonchev–Trinajstić information content (AvgIpc) is 4.03. The quantitative estimate of drug-likeness (QED) is 0.113. The lowest BCUT2D eigenvalue weighted by molar-refractivity contribution is 0.101. The van der Waals surface area contributed by atoms with Crippen LogP contribution >= 0.6 is 0 Å². The molecule has 8 aromatic rings. The Balaban J connectivity index is 0.000000180. The van der Waals surface area contributed by atoms with Gasteiger partial charge >= 0.3 is 0 Å². The molecule has 16 heteroatoms. The summed E-state index contributed by atoms with van der Waals surface area (Å²) in [6.07, 6.45) is 11.1. The molecule has 6 aromatic heterocycles. The van der Waals surface area contributed by atoms with Gasteiger partial charge in [0.05, 0.1) is 46.3 Å². The van der Waals surface area contributed by atoms with Gasteiger partial charge in [-0.1, -0.05) is 37.8 Å². The van der Waals surface area contributed by atoms with Crippen molar-refractivity contribution >= 4 is 34.5 Å². The highest BCUT2D eigenvalue weighted by Gasteiger charge is 2.23. The van der Waals surface area contributed by atoms with Crippen LogP contribution in [0.1, 0.15) is 115 Å². The Bertz CT molecular complexity index is 3450. The van der Waals surface area contributed by atoms with E-state index >= 15 is 0 Å². The lowest BCUT2D eigenvalue weighted by Crippen LogP contribution is -2.43. The van der Waals surface area contributed by atoms with Crippen molar-refractivity contribution in [3.05, 3.63) is 176 Å². The molecular formula is C64H72N14O2. The van der Waals surface area contributed by atoms with E-state index in [0.717, 1.165) is 130 Å². The second kappa shape index (κ2) is 24.9. The largest absolute Gasteiger partial charge is 0.322 e. The first-order valence-electron chi connectivity index (χ1n) is 27.9. The molecule has 2 aromatic carbocycles. The zero-order valence-corrected chi connectivity index (χ0v) is 47.5. The van der Waals surface area contributed by atoms with Gasteiger partial charge < -0.3 is 20.4 Å². The third-order valence-corrected chi connectivity index (χ3v) is 15.2. The molecule has 410 valence electrons. The molecule has 0 bridgehead atoms. The molecule has 11 rings (SSSR count). The first kappa shape index (κ1) is 55.2. The van der Waals surface area contributed by atoms with Crippen LogP contribution in [-0.2, 0) is 25.9 Å². The van der Waals surface area contributed by atoms with Crippen LogP contribution in [0.4, 0.5) is 11.4 Å². The number of nitrogens with one attached hydrogen (secondary N) is 2. The Morgan fingerprint density at radius 2 is 1.00 bits per heavy atom. The van der Waals surface area contributed by atoms with Crippen LogP contribution < -0.4 is 10.6 Å². The SMILES string of the molecule is Cc1cc(NC(=O)c2cnc(C)c(C#Cc3cnc4ccc(CC(C)C)nn34)c2)ccc1CN1CCN(C)CC1.Cc1cc(NC(=O)c2cnc(C)c(C#Cc3cnc4ccc(CC5CC5)nn34)c2)ccc1CN1CCN(C)CC1. The molecule has 0 radical (unpaired) electrons. The number of rotatable bonds is 12. The molecule has 2 aliphatic heterocycles. The average molecular weight is 1070 g/mol. The highest BCUT2D eigenvalue weighted by atomic mass is 16.2. The number of fused-ring (bicyclic) bond motifs is 2. The number of hydrogen-bond donors (Lipinski definition) is 2. The second-order valence-electron chi connectivity index (χ2n) is 22.3. The molecule has 3 fully saturated rings. The first-order chi connectivity index (χ1) is 38.7. The van der Waals surface area contributed by atoms with E-state index < -0.39 is 0 Å². The molecule has 0 spiro atoms. The van der Waals surface area contributed by atoms with Gasteiger partial charge in [-0.3, -0.25) is 29.4 Å². The summed E-state index contributed by atoms with van der Waals surface area (Å²) in [5.74, 6) is 13.6. The van der Waals surface area contributed by atoms with Crippen molar-refractivity contribution in [3.63, 3.8) is 0 Å². The van der Waals surface area contributed by atoms with Crippen LogP contribution in [0, 0.1) is 63.2 Å². The summed E-state index contributed by atoms with van der Waals surface area (Å²) >= 11 is 0. The van der Waals surface area contributed by atoms with Crippen molar-refractivity contribution < 1.29 is 9.59 Å². The lowest BCUT2D eigenvalue weighted by atomic mass is 10.1. The van der Waals surface area contributed by atoms with E-state index in [-0.39, 0.29) is 11.8 Å². The number of amides is 2. The van der Waals surface area contributed by atoms with E-state index in [1.54, 1.807) is 46.0 Å². The van der Waals surface area contributed by atoms with Crippen molar-refractivity contribution in [2.45, 2.75) is 80.3 Å². The topological polar surface area (TPSA) is 157 Å². The predicted molar refractivity (Wildman–Crippen MR) is 315 cm³/mol. The van der Waals surface area contributed by atoms with Gasteiger partial charge in [-0.2, -0.15) is 10.2 Å². The molecule has 0 unspecified atom stereocenters. The number of aromatic nitrogens is 8. The Morgan fingerprint density at radius 1 is 0.550 bits per heavy atom. The minimum absolute atomic E-state index is 0.206. The summed E-state index contributed by atoms with van der Waals surface area (Å²) in [6.45, 7) is 22.9. The molecule has 8 heterocycles. The number of imidazole rings is 2. The number of aryl methyl sites for hydroxylation is 4. The minimum atomic E-state index is -0.212. The van der Waals surface area contributed by atoms with E-state index in [1.165, 1.54) is 35.1 Å². The zero-order chi connectivity index (χ0) is 55.9. The lowest BCUT2D eigenvalue weighted by Gasteiger charge is -2.32. The van der Waals surface area contributed by atoms with Crippen LogP contribution in [0.2, 0.25) is 0 Å². The van der Waals surface area contributed by atoms with Crippen molar-refractivity contribution in [3.8, 4) is 23.7 Å². The molecular weight excluding hydrogens is 997 g/mol. The summed E-state index contributed by atoms with van der Waals surface area (Å²) in [6, 6.07) is 23.9. The molecule has 2 amide bonds. The van der Waals surface area contributed by atoms with E-state index in [1.807, 2.05) is 56.3 Å². The van der Waals surface area contributed by atoms with E-state index in [4.69, 9.17) is 10.2 Å². The maximum absolute atomic E-state index is 13.1. The summed E-state index contributed by atoms with van der Waals surface area (Å²) in [5.41, 5.74) is 15.3. The molecule has 1 aliphatic carbocycles. The number of carbonyl (C=O) groups is 2. The fourth-order valence-corrected chi connectivity index (χ4v) is 9.88. The summed E-state index contributed by atoms with van der Waals surface area (Å²) in [7, 11) is 4.34. The van der Waals surface area contributed by atoms with Crippen LogP contribution in [0.15, 0.2) is 97.6 Å². The number of hydrogen-bond acceptors (Lipinski definition) is 12. The number of benzene rings is 2. The Kier molecular flexibility index (Phi) is 17.2. The van der Waals surface area contributed by atoms with Gasteiger partial charge in [0.1, 0.15) is 11.4 Å². The summed E-state index contributed by atoms with van der Waals surface area (Å²) in [4.78, 5) is 53.7. The summed E-state index contributed by atoms with van der Waals surface area (Å²) < 4.78 is 3.58. The molecule has 0 atom stereocenters. The predicted octanol–water partition coefficient (Wildman–Crippen LogP) is 8.43. The monoisotopic (exact) mass is 1070 g/mol. The van der Waals surface area contributed by atoms with Gasteiger partial charge in [0, 0.05) is 100 Å². The van der Waals surface area contributed by atoms with Crippen molar-refractivity contribution in [1.82, 2.24) is 58.8 Å². The normalized spacial score (nSPS) is 15.2. The highest BCUT2D eigenvalue weighted by Crippen LogP contribution is 2.32. The molecule has 80 heavy (non-hydrogen) atoms. The first-order valence-corrected chi connectivity index (χ1v) is 27.9. The Hall–Kier alpha value is -8.12. The molecule has 2 saturated heterocycles. The van der Waals surface area contributed by atoms with Gasteiger partial charge in [0.15, 0.2) is 11.3 Å². The van der Waals surface area contributed by atoms with Gasteiger partial charge in [0.25, 0.3) is 11.8 Å². The number of pyridine rings is 2. The number of carbonyl (C=O) groups excluding carboxylic acids is 2. The van der Waals surface area contributed by atoms with Crippen molar-refractivity contribution in [2.75, 3.05) is 77.1 Å². The molecule has 16 nitrogen and oxygen atoms in total. The van der Waals surface area contributed by atoms with Crippen LogP contribution in [0.25, 0.3) is 11.3 Å². The van der Waals surface area contributed by atoms with E-state index in [2.05, 4.69) is 134 Å². The van der Waals surface area contributed by atoms with Gasteiger partial charge in [-0.15, -0.1) is 0 Å². The maximum atomic E-state index is 13.1. The fraction of sp³-hybridized carbons (Fsp3) is 0.375. The highest BCUT2D eigenvalue weighted by molar-refractivity contribution is 6.05. The number of anilines is 2. The van der Waals surface area contributed by atoms with E-state index in [0.29, 0.717) is 39.6 Å².